The topological polar surface area (TPSA) is 108 Å². The van der Waals surface area contributed by atoms with Crippen molar-refractivity contribution in [3.63, 3.8) is 0 Å². The highest BCUT2D eigenvalue weighted by Crippen LogP contribution is 2.31. The van der Waals surface area contributed by atoms with Gasteiger partial charge in [-0.1, -0.05) is 0 Å². The first-order valence-electron chi connectivity index (χ1n) is 9.34. The van der Waals surface area contributed by atoms with Gasteiger partial charge in [0.05, 0.1) is 33.5 Å². The zero-order valence-corrected chi connectivity index (χ0v) is 17.1. The van der Waals surface area contributed by atoms with Crippen LogP contribution in [0.2, 0.25) is 0 Å². The van der Waals surface area contributed by atoms with Gasteiger partial charge >= 0.3 is 0 Å². The van der Waals surface area contributed by atoms with Gasteiger partial charge in [-0.25, -0.2) is 0 Å². The highest BCUT2D eigenvalue weighted by Gasteiger charge is 2.13. The fourth-order valence-electron chi connectivity index (χ4n) is 2.71. The molecule has 1 amide bonds. The first kappa shape index (κ1) is 21.0. The van der Waals surface area contributed by atoms with Gasteiger partial charge in [0.2, 0.25) is 11.9 Å². The summed E-state index contributed by atoms with van der Waals surface area (Å²) in [5, 5.41) is 9.53. The molecule has 158 valence electrons. The zero-order valence-electron chi connectivity index (χ0n) is 17.1. The Bertz CT molecular complexity index is 972. The average molecular weight is 412 g/mol. The van der Waals surface area contributed by atoms with Crippen LogP contribution in [0.15, 0.2) is 42.5 Å². The van der Waals surface area contributed by atoms with Crippen molar-refractivity contribution in [2.24, 2.45) is 0 Å². The van der Waals surface area contributed by atoms with Crippen LogP contribution in [0.1, 0.15) is 12.8 Å². The van der Waals surface area contributed by atoms with Gasteiger partial charge in [0.15, 0.2) is 5.82 Å². The van der Waals surface area contributed by atoms with Crippen LogP contribution in [0.4, 0.5) is 5.95 Å². The van der Waals surface area contributed by atoms with Crippen molar-refractivity contribution in [2.45, 2.75) is 12.8 Å². The SMILES string of the molecule is COc1ccc(OCCCC(=O)Nc2n[nH]c(-c3ccc(OC)cc3OC)n2)cc1. The minimum Gasteiger partial charge on any atom is -0.497 e. The van der Waals surface area contributed by atoms with E-state index in [1.807, 2.05) is 24.3 Å². The molecule has 2 aromatic carbocycles. The molecule has 1 aromatic heterocycles. The summed E-state index contributed by atoms with van der Waals surface area (Å²) in [6.45, 7) is 0.419. The van der Waals surface area contributed by atoms with E-state index in [2.05, 4.69) is 20.5 Å². The molecular formula is C21H24N4O5. The van der Waals surface area contributed by atoms with E-state index in [4.69, 9.17) is 18.9 Å². The fraction of sp³-hybridized carbons (Fsp3) is 0.286. The van der Waals surface area contributed by atoms with Gasteiger partial charge in [-0.2, -0.15) is 4.98 Å². The summed E-state index contributed by atoms with van der Waals surface area (Å²) in [4.78, 5) is 16.5. The van der Waals surface area contributed by atoms with E-state index >= 15 is 0 Å². The highest BCUT2D eigenvalue weighted by molar-refractivity contribution is 5.89. The number of hydrogen-bond donors (Lipinski definition) is 2. The first-order chi connectivity index (χ1) is 14.6. The van der Waals surface area contributed by atoms with Crippen LogP contribution in [0.25, 0.3) is 11.4 Å². The predicted molar refractivity (Wildman–Crippen MR) is 111 cm³/mol. The predicted octanol–water partition coefficient (Wildman–Crippen LogP) is 3.30. The summed E-state index contributed by atoms with van der Waals surface area (Å²) in [5.74, 6) is 3.22. The van der Waals surface area contributed by atoms with E-state index in [1.165, 1.54) is 0 Å². The van der Waals surface area contributed by atoms with Crippen molar-refractivity contribution >= 4 is 11.9 Å². The molecule has 3 rings (SSSR count). The Morgan fingerprint density at radius 3 is 2.37 bits per heavy atom. The number of carbonyl (C=O) groups is 1. The van der Waals surface area contributed by atoms with Crippen molar-refractivity contribution in [3.05, 3.63) is 42.5 Å². The van der Waals surface area contributed by atoms with E-state index < -0.39 is 0 Å². The summed E-state index contributed by atoms with van der Waals surface area (Å²) >= 11 is 0. The first-order valence-corrected chi connectivity index (χ1v) is 9.34. The molecule has 0 radical (unpaired) electrons. The molecule has 0 saturated carbocycles. The second-order valence-corrected chi connectivity index (χ2v) is 6.25. The lowest BCUT2D eigenvalue weighted by atomic mass is 10.2. The third-order valence-corrected chi connectivity index (χ3v) is 4.28. The van der Waals surface area contributed by atoms with Crippen molar-refractivity contribution in [1.82, 2.24) is 15.2 Å². The van der Waals surface area contributed by atoms with Gasteiger partial charge in [0.25, 0.3) is 0 Å². The number of aromatic amines is 1. The quantitative estimate of drug-likeness (QED) is 0.492. The van der Waals surface area contributed by atoms with Crippen LogP contribution in [0.3, 0.4) is 0 Å². The van der Waals surface area contributed by atoms with Crippen molar-refractivity contribution in [3.8, 4) is 34.4 Å². The molecule has 0 unspecified atom stereocenters. The molecule has 0 aliphatic heterocycles. The molecule has 0 aliphatic rings. The number of anilines is 1. The zero-order chi connectivity index (χ0) is 21.3. The van der Waals surface area contributed by atoms with Crippen molar-refractivity contribution < 1.29 is 23.7 Å². The van der Waals surface area contributed by atoms with Crippen LogP contribution >= 0.6 is 0 Å². The highest BCUT2D eigenvalue weighted by atomic mass is 16.5. The van der Waals surface area contributed by atoms with Crippen LogP contribution in [0.5, 0.6) is 23.0 Å². The molecule has 0 atom stereocenters. The number of hydrogen-bond acceptors (Lipinski definition) is 7. The molecular weight excluding hydrogens is 388 g/mol. The lowest BCUT2D eigenvalue weighted by Gasteiger charge is -2.08. The molecule has 0 spiro atoms. The third-order valence-electron chi connectivity index (χ3n) is 4.28. The molecule has 0 aliphatic carbocycles. The number of aromatic nitrogens is 3. The Morgan fingerprint density at radius 2 is 1.67 bits per heavy atom. The lowest BCUT2D eigenvalue weighted by molar-refractivity contribution is -0.116. The number of benzene rings is 2. The number of methoxy groups -OCH3 is 3. The maximum absolute atomic E-state index is 12.1. The molecule has 3 aromatic rings. The van der Waals surface area contributed by atoms with Gasteiger partial charge in [-0.15, -0.1) is 5.10 Å². The Labute approximate surface area is 174 Å². The summed E-state index contributed by atoms with van der Waals surface area (Å²) in [6, 6.07) is 12.6. The minimum atomic E-state index is -0.194. The molecule has 0 bridgehead atoms. The van der Waals surface area contributed by atoms with Gasteiger partial charge in [-0.3, -0.25) is 15.2 Å². The summed E-state index contributed by atoms with van der Waals surface area (Å²) in [7, 11) is 4.75. The van der Waals surface area contributed by atoms with E-state index in [1.54, 1.807) is 39.5 Å². The smallest absolute Gasteiger partial charge is 0.249 e. The van der Waals surface area contributed by atoms with E-state index in [-0.39, 0.29) is 18.3 Å². The van der Waals surface area contributed by atoms with E-state index in [0.717, 1.165) is 11.5 Å². The van der Waals surface area contributed by atoms with Crippen LogP contribution in [-0.2, 0) is 4.79 Å². The lowest BCUT2D eigenvalue weighted by Crippen LogP contribution is -2.13. The summed E-state index contributed by atoms with van der Waals surface area (Å²) in [6.07, 6.45) is 0.841. The van der Waals surface area contributed by atoms with E-state index in [0.29, 0.717) is 35.9 Å². The number of carbonyl (C=O) groups excluding carboxylic acids is 1. The molecule has 9 heteroatoms. The van der Waals surface area contributed by atoms with Gasteiger partial charge in [-0.05, 0) is 42.8 Å². The van der Waals surface area contributed by atoms with Crippen molar-refractivity contribution in [2.75, 3.05) is 33.3 Å². The van der Waals surface area contributed by atoms with Crippen LogP contribution in [-0.4, -0.2) is 49.0 Å². The van der Waals surface area contributed by atoms with Crippen LogP contribution < -0.4 is 24.3 Å². The third kappa shape index (κ3) is 5.40. The Morgan fingerprint density at radius 1 is 0.967 bits per heavy atom. The summed E-state index contributed by atoms with van der Waals surface area (Å²) in [5.41, 5.74) is 0.708. The van der Waals surface area contributed by atoms with Gasteiger partial charge in [0.1, 0.15) is 23.0 Å². The number of nitrogens with zero attached hydrogens (tertiary/aromatic N) is 2. The van der Waals surface area contributed by atoms with E-state index in [9.17, 15) is 4.79 Å². The maximum Gasteiger partial charge on any atom is 0.249 e. The maximum atomic E-state index is 12.1. The number of nitrogens with one attached hydrogen (secondary N) is 2. The average Bonchev–Trinajstić information content (AvgIpc) is 3.24. The molecule has 1 heterocycles. The second kappa shape index (κ2) is 10.1. The second-order valence-electron chi connectivity index (χ2n) is 6.25. The Hall–Kier alpha value is -3.75. The minimum absolute atomic E-state index is 0.194. The largest absolute Gasteiger partial charge is 0.497 e. The van der Waals surface area contributed by atoms with Gasteiger partial charge < -0.3 is 18.9 Å². The number of amides is 1. The van der Waals surface area contributed by atoms with Crippen molar-refractivity contribution in [1.29, 1.82) is 0 Å². The van der Waals surface area contributed by atoms with Crippen LogP contribution in [0, 0.1) is 0 Å². The number of rotatable bonds is 10. The number of ether oxygens (including phenoxy) is 4. The Balaban J connectivity index is 1.49. The number of H-pyrrole nitrogens is 1. The monoisotopic (exact) mass is 412 g/mol. The molecule has 30 heavy (non-hydrogen) atoms. The summed E-state index contributed by atoms with van der Waals surface area (Å²) < 4.78 is 21.3. The molecule has 2 N–H and O–H groups in total. The fourth-order valence-corrected chi connectivity index (χ4v) is 2.71. The standard InChI is InChI=1S/C21H24N4O5/c1-27-14-6-8-15(9-7-14)30-12-4-5-19(26)22-21-23-20(24-25-21)17-11-10-16(28-2)13-18(17)29-3/h6-11,13H,4-5,12H2,1-3H3,(H2,22,23,24,25,26). The molecule has 9 nitrogen and oxygen atoms in total. The normalized spacial score (nSPS) is 10.4. The Kier molecular flexibility index (Phi) is 7.09. The molecule has 0 fully saturated rings. The van der Waals surface area contributed by atoms with Gasteiger partial charge in [0, 0.05) is 12.5 Å². The molecule has 0 saturated heterocycles.